The molecule has 1 rings (SSSR count). The maximum atomic E-state index is 11.2. The Morgan fingerprint density at radius 1 is 1.44 bits per heavy atom. The van der Waals surface area contributed by atoms with Crippen molar-refractivity contribution in [3.05, 3.63) is 30.3 Å². The van der Waals surface area contributed by atoms with Crippen molar-refractivity contribution in [3.63, 3.8) is 0 Å². The van der Waals surface area contributed by atoms with Crippen molar-refractivity contribution in [3.8, 4) is 0 Å². The fraction of sp³-hybridized carbons (Fsp3) is 0.273. The van der Waals surface area contributed by atoms with Gasteiger partial charge in [-0.05, 0) is 19.1 Å². The molecule has 0 radical (unpaired) electrons. The molecule has 0 aliphatic rings. The lowest BCUT2D eigenvalue weighted by Crippen LogP contribution is -2.18. The van der Waals surface area contributed by atoms with Gasteiger partial charge >= 0.3 is 5.97 Å². The molecule has 4 nitrogen and oxygen atoms in total. The van der Waals surface area contributed by atoms with Crippen LogP contribution in [0.25, 0.3) is 0 Å². The Morgan fingerprint density at radius 2 is 2.06 bits per heavy atom. The Bertz CT molecular complexity index is 379. The van der Waals surface area contributed by atoms with E-state index in [0.29, 0.717) is 0 Å². The number of hydrogen-bond donors (Lipinski definition) is 0. The molecule has 0 saturated carbocycles. The highest BCUT2D eigenvalue weighted by Crippen LogP contribution is 2.11. The predicted octanol–water partition coefficient (Wildman–Crippen LogP) is 2.24. The van der Waals surface area contributed by atoms with Crippen molar-refractivity contribution in [2.75, 3.05) is 18.7 Å². The number of ether oxygens (including phenoxy) is 1. The third kappa shape index (κ3) is 3.55. The average molecular weight is 241 g/mol. The normalized spacial score (nSPS) is 11.1. The van der Waals surface area contributed by atoms with Gasteiger partial charge in [0.25, 0.3) is 0 Å². The van der Waals surface area contributed by atoms with Gasteiger partial charge in [-0.25, -0.2) is 4.79 Å². The fourth-order valence-corrected chi connectivity index (χ4v) is 1.23. The number of benzene rings is 1. The molecule has 0 aromatic heterocycles. The number of carbonyl (C=O) groups excluding carboxylic acids is 1. The molecule has 0 N–H and O–H groups in total. The maximum absolute atomic E-state index is 11.2. The van der Waals surface area contributed by atoms with Gasteiger partial charge in [0.15, 0.2) is 0 Å². The topological polar surface area (TPSA) is 41.9 Å². The summed E-state index contributed by atoms with van der Waals surface area (Å²) in [6, 6.07) is 9.37. The van der Waals surface area contributed by atoms with Gasteiger partial charge in [-0.1, -0.05) is 29.8 Å². The highest BCUT2D eigenvalue weighted by molar-refractivity contribution is 6.82. The highest BCUT2D eigenvalue weighted by Gasteiger charge is 2.10. The number of nitrogens with zero attached hydrogens (tertiary/aromatic N) is 2. The molecule has 0 aliphatic heterocycles. The second-order valence-corrected chi connectivity index (χ2v) is 3.33. The zero-order chi connectivity index (χ0) is 12.0. The molecule has 5 heteroatoms. The van der Waals surface area contributed by atoms with Gasteiger partial charge in [0, 0.05) is 7.05 Å². The highest BCUT2D eigenvalue weighted by atomic mass is 35.5. The Hall–Kier alpha value is -1.55. The smallest absolute Gasteiger partial charge is 0.370 e. The van der Waals surface area contributed by atoms with E-state index in [4.69, 9.17) is 16.3 Å². The first-order valence-electron chi connectivity index (χ1n) is 4.85. The molecule has 0 amide bonds. The molecule has 16 heavy (non-hydrogen) atoms. The molecule has 86 valence electrons. The van der Waals surface area contributed by atoms with Gasteiger partial charge in [-0.2, -0.15) is 5.10 Å². The Morgan fingerprint density at radius 3 is 2.62 bits per heavy atom. The van der Waals surface area contributed by atoms with Gasteiger partial charge in [0.2, 0.25) is 5.17 Å². The Balaban J connectivity index is 2.73. The van der Waals surface area contributed by atoms with Crippen LogP contribution in [0.3, 0.4) is 0 Å². The number of para-hydroxylation sites is 1. The lowest BCUT2D eigenvalue weighted by atomic mass is 10.3. The molecule has 1 aromatic rings. The van der Waals surface area contributed by atoms with Crippen LogP contribution >= 0.6 is 11.6 Å². The van der Waals surface area contributed by atoms with Crippen LogP contribution in [0.15, 0.2) is 35.4 Å². The van der Waals surface area contributed by atoms with Crippen LogP contribution in [-0.2, 0) is 9.53 Å². The van der Waals surface area contributed by atoms with Crippen LogP contribution in [0.2, 0.25) is 0 Å². The SMILES string of the molecule is CCOC(=O)/C(Cl)=N/N(C)c1ccccc1. The number of carbonyl (C=O) groups is 1. The van der Waals surface area contributed by atoms with Crippen LogP contribution in [0.1, 0.15) is 6.92 Å². The van der Waals surface area contributed by atoms with E-state index in [9.17, 15) is 4.79 Å². The summed E-state index contributed by atoms with van der Waals surface area (Å²) in [6.07, 6.45) is 0. The molecule has 0 saturated heterocycles. The van der Waals surface area contributed by atoms with E-state index in [1.165, 1.54) is 5.01 Å². The van der Waals surface area contributed by atoms with Gasteiger partial charge in [-0.3, -0.25) is 5.01 Å². The quantitative estimate of drug-likeness (QED) is 0.461. The van der Waals surface area contributed by atoms with Gasteiger partial charge in [0.05, 0.1) is 12.3 Å². The summed E-state index contributed by atoms with van der Waals surface area (Å²) in [4.78, 5) is 11.2. The molecule has 0 unspecified atom stereocenters. The third-order valence-electron chi connectivity index (χ3n) is 1.81. The third-order valence-corrected chi connectivity index (χ3v) is 2.04. The standard InChI is InChI=1S/C11H13ClN2O2/c1-3-16-11(15)10(12)13-14(2)9-7-5-4-6-8-9/h4-8H,3H2,1-2H3/b13-10-. The van der Waals surface area contributed by atoms with Crippen molar-refractivity contribution in [2.45, 2.75) is 6.92 Å². The lowest BCUT2D eigenvalue weighted by Gasteiger charge is -2.12. The van der Waals surface area contributed by atoms with E-state index in [-0.39, 0.29) is 11.8 Å². The Labute approximate surface area is 99.5 Å². The molecule has 0 heterocycles. The zero-order valence-electron chi connectivity index (χ0n) is 9.18. The minimum Gasteiger partial charge on any atom is -0.461 e. The van der Waals surface area contributed by atoms with E-state index >= 15 is 0 Å². The minimum atomic E-state index is -0.619. The first-order chi connectivity index (χ1) is 7.65. The second-order valence-electron chi connectivity index (χ2n) is 2.97. The molecule has 0 aliphatic carbocycles. The Kier molecular flexibility index (Phi) is 4.79. The number of halogens is 1. The van der Waals surface area contributed by atoms with Crippen molar-refractivity contribution in [1.82, 2.24) is 0 Å². The van der Waals surface area contributed by atoms with Crippen LogP contribution in [0, 0.1) is 0 Å². The molecular weight excluding hydrogens is 228 g/mol. The first kappa shape index (κ1) is 12.5. The predicted molar refractivity (Wildman–Crippen MR) is 64.8 cm³/mol. The zero-order valence-corrected chi connectivity index (χ0v) is 9.94. The summed E-state index contributed by atoms with van der Waals surface area (Å²) >= 11 is 5.69. The van der Waals surface area contributed by atoms with Crippen molar-refractivity contribution in [1.29, 1.82) is 0 Å². The molecular formula is C11H13ClN2O2. The number of hydrazone groups is 1. The number of rotatable bonds is 4. The lowest BCUT2D eigenvalue weighted by molar-refractivity contribution is -0.134. The van der Waals surface area contributed by atoms with E-state index in [1.54, 1.807) is 14.0 Å². The van der Waals surface area contributed by atoms with Crippen molar-refractivity contribution in [2.24, 2.45) is 5.10 Å². The average Bonchev–Trinajstić information content (AvgIpc) is 2.30. The second kappa shape index (κ2) is 6.12. The summed E-state index contributed by atoms with van der Waals surface area (Å²) in [7, 11) is 1.71. The summed E-state index contributed by atoms with van der Waals surface area (Å²) in [5, 5.41) is 5.23. The maximum Gasteiger partial charge on any atom is 0.370 e. The van der Waals surface area contributed by atoms with Crippen molar-refractivity contribution < 1.29 is 9.53 Å². The summed E-state index contributed by atoms with van der Waals surface area (Å²) in [6.45, 7) is 1.99. The summed E-state index contributed by atoms with van der Waals surface area (Å²) in [5.41, 5.74) is 0.838. The van der Waals surface area contributed by atoms with Crippen LogP contribution < -0.4 is 5.01 Å². The monoisotopic (exact) mass is 240 g/mol. The minimum absolute atomic E-state index is 0.187. The van der Waals surface area contributed by atoms with Crippen molar-refractivity contribution >= 4 is 28.4 Å². The van der Waals surface area contributed by atoms with Crippen LogP contribution in [-0.4, -0.2) is 24.8 Å². The summed E-state index contributed by atoms with van der Waals surface area (Å²) in [5.74, 6) is -0.619. The number of hydrogen-bond acceptors (Lipinski definition) is 4. The van der Waals surface area contributed by atoms with E-state index in [0.717, 1.165) is 5.69 Å². The molecule has 1 aromatic carbocycles. The molecule has 0 atom stereocenters. The molecule has 0 fully saturated rings. The number of esters is 1. The number of anilines is 1. The molecule has 0 spiro atoms. The first-order valence-corrected chi connectivity index (χ1v) is 5.23. The van der Waals surface area contributed by atoms with Crippen LogP contribution in [0.4, 0.5) is 5.69 Å². The van der Waals surface area contributed by atoms with E-state index in [1.807, 2.05) is 30.3 Å². The largest absolute Gasteiger partial charge is 0.461 e. The van der Waals surface area contributed by atoms with Gasteiger partial charge in [0.1, 0.15) is 0 Å². The fourth-order valence-electron chi connectivity index (χ4n) is 1.06. The van der Waals surface area contributed by atoms with Gasteiger partial charge < -0.3 is 4.74 Å². The van der Waals surface area contributed by atoms with Crippen LogP contribution in [0.5, 0.6) is 0 Å². The molecule has 0 bridgehead atoms. The summed E-state index contributed by atoms with van der Waals surface area (Å²) < 4.78 is 4.71. The van der Waals surface area contributed by atoms with E-state index < -0.39 is 5.97 Å². The van der Waals surface area contributed by atoms with Gasteiger partial charge in [-0.15, -0.1) is 0 Å². The van der Waals surface area contributed by atoms with E-state index in [2.05, 4.69) is 5.10 Å².